The van der Waals surface area contributed by atoms with E-state index in [1.807, 2.05) is 23.2 Å². The zero-order chi connectivity index (χ0) is 16.5. The summed E-state index contributed by atoms with van der Waals surface area (Å²) in [4.78, 5) is 9.00. The van der Waals surface area contributed by atoms with Crippen LogP contribution in [0.15, 0.2) is 11.5 Å². The van der Waals surface area contributed by atoms with Gasteiger partial charge in [-0.1, -0.05) is 11.8 Å². The van der Waals surface area contributed by atoms with Crippen LogP contribution in [0.25, 0.3) is 0 Å². The Kier molecular flexibility index (Phi) is 7.54. The van der Waals surface area contributed by atoms with Gasteiger partial charge >= 0.3 is 0 Å². The van der Waals surface area contributed by atoms with E-state index in [-0.39, 0.29) is 0 Å². The Labute approximate surface area is 133 Å². The maximum Gasteiger partial charge on any atom is 0.300 e. The smallest absolute Gasteiger partial charge is 0.300 e. The molecule has 0 unspecified atom stereocenters. The van der Waals surface area contributed by atoms with E-state index in [1.165, 1.54) is 0 Å². The molecular weight excluding hydrogens is 306 g/mol. The fourth-order valence-corrected chi connectivity index (χ4v) is 2.45. The van der Waals surface area contributed by atoms with Gasteiger partial charge in [-0.3, -0.25) is 4.79 Å². The molecule has 0 saturated heterocycles. The Morgan fingerprint density at radius 2 is 2.05 bits per heavy atom. The average molecular weight is 327 g/mol. The first-order valence-electron chi connectivity index (χ1n) is 6.71. The van der Waals surface area contributed by atoms with Crippen molar-refractivity contribution in [3.05, 3.63) is 18.0 Å². The van der Waals surface area contributed by atoms with Gasteiger partial charge in [0.1, 0.15) is 18.0 Å². The Bertz CT molecular complexity index is 592. The minimum Gasteiger partial charge on any atom is -0.481 e. The lowest BCUT2D eigenvalue weighted by Gasteiger charge is -2.04. The molecule has 9 nitrogen and oxygen atoms in total. The minimum absolute atomic E-state index is 0.717. The van der Waals surface area contributed by atoms with Crippen molar-refractivity contribution in [1.82, 2.24) is 34.8 Å². The molecule has 0 saturated carbocycles. The fraction of sp³-hybridized carbons (Fsp3) is 0.583. The molecule has 0 aliphatic rings. The monoisotopic (exact) mass is 327 g/mol. The van der Waals surface area contributed by atoms with Gasteiger partial charge in [0.15, 0.2) is 5.16 Å². The normalized spacial score (nSPS) is 10.2. The molecule has 10 heteroatoms. The van der Waals surface area contributed by atoms with Gasteiger partial charge in [0.2, 0.25) is 0 Å². The molecule has 122 valence electrons. The second kappa shape index (κ2) is 9.15. The lowest BCUT2D eigenvalue weighted by Crippen LogP contribution is -2.10. The molecule has 2 rings (SSSR count). The molecule has 0 amide bonds. The van der Waals surface area contributed by atoms with E-state index in [1.54, 1.807) is 18.1 Å². The summed E-state index contributed by atoms with van der Waals surface area (Å²) < 4.78 is 4.02. The standard InChI is InChI=1S/C10H17N7S.C2H4O2/c1-4-17-7-12-13-9(17)6-18-10-15-14-8(5-11-2)16(10)3;1-2(3)4/h7,11H,4-6H2,1-3H3;1H3,(H,3,4). The van der Waals surface area contributed by atoms with E-state index in [2.05, 4.69) is 32.6 Å². The number of hydrogen-bond acceptors (Lipinski definition) is 7. The van der Waals surface area contributed by atoms with Gasteiger partial charge in [-0.05, 0) is 14.0 Å². The molecule has 0 radical (unpaired) electrons. The molecular formula is C12H21N7O2S. The number of aliphatic carboxylic acids is 1. The summed E-state index contributed by atoms with van der Waals surface area (Å²) in [6.07, 6.45) is 1.75. The molecule has 22 heavy (non-hydrogen) atoms. The van der Waals surface area contributed by atoms with Gasteiger partial charge in [0, 0.05) is 20.5 Å². The average Bonchev–Trinajstić information content (AvgIpc) is 3.04. The summed E-state index contributed by atoms with van der Waals surface area (Å²) >= 11 is 1.62. The minimum atomic E-state index is -0.833. The van der Waals surface area contributed by atoms with Gasteiger partial charge in [0.25, 0.3) is 5.97 Å². The van der Waals surface area contributed by atoms with Gasteiger partial charge in [-0.15, -0.1) is 20.4 Å². The van der Waals surface area contributed by atoms with Crippen LogP contribution in [-0.2, 0) is 30.7 Å². The maximum atomic E-state index is 9.00. The van der Waals surface area contributed by atoms with E-state index < -0.39 is 5.97 Å². The molecule has 0 spiro atoms. The van der Waals surface area contributed by atoms with Gasteiger partial charge in [0.05, 0.1) is 12.3 Å². The van der Waals surface area contributed by atoms with Crippen LogP contribution in [0.2, 0.25) is 0 Å². The second-order valence-electron chi connectivity index (χ2n) is 4.33. The van der Waals surface area contributed by atoms with Crippen LogP contribution in [0, 0.1) is 0 Å². The number of thioether (sulfide) groups is 1. The van der Waals surface area contributed by atoms with Gasteiger partial charge in [-0.25, -0.2) is 0 Å². The number of aromatic nitrogens is 6. The zero-order valence-electron chi connectivity index (χ0n) is 13.1. The van der Waals surface area contributed by atoms with Crippen LogP contribution in [-0.4, -0.2) is 47.7 Å². The molecule has 2 N–H and O–H groups in total. The van der Waals surface area contributed by atoms with Crippen molar-refractivity contribution in [3.63, 3.8) is 0 Å². The molecule has 0 aromatic carbocycles. The number of carbonyl (C=O) groups is 1. The zero-order valence-corrected chi connectivity index (χ0v) is 14.0. The third kappa shape index (κ3) is 5.45. The predicted octanol–water partition coefficient (Wildman–Crippen LogP) is 0.529. The molecule has 2 heterocycles. The van der Waals surface area contributed by atoms with Crippen LogP contribution in [0.5, 0.6) is 0 Å². The number of carboxylic acid groups (broad SMARTS) is 1. The molecule has 2 aromatic heterocycles. The first-order chi connectivity index (χ1) is 10.5. The third-order valence-corrected chi connectivity index (χ3v) is 3.64. The number of carboxylic acids is 1. The van der Waals surface area contributed by atoms with E-state index in [4.69, 9.17) is 9.90 Å². The summed E-state index contributed by atoms with van der Waals surface area (Å²) in [6.45, 7) is 4.76. The lowest BCUT2D eigenvalue weighted by atomic mass is 10.6. The molecule has 0 aliphatic carbocycles. The highest BCUT2D eigenvalue weighted by Gasteiger charge is 2.10. The molecule has 0 bridgehead atoms. The SMILES string of the molecule is CC(=O)O.CCn1cnnc1CSc1nnc(CNC)n1C. The number of aryl methyl sites for hydroxylation is 1. The summed E-state index contributed by atoms with van der Waals surface area (Å²) in [7, 11) is 3.87. The summed E-state index contributed by atoms with van der Waals surface area (Å²) in [6, 6.07) is 0. The number of rotatable bonds is 6. The van der Waals surface area contributed by atoms with Crippen molar-refractivity contribution in [3.8, 4) is 0 Å². The highest BCUT2D eigenvalue weighted by molar-refractivity contribution is 7.98. The van der Waals surface area contributed by atoms with Crippen LogP contribution < -0.4 is 5.32 Å². The molecule has 0 aliphatic heterocycles. The summed E-state index contributed by atoms with van der Waals surface area (Å²) in [5.41, 5.74) is 0. The maximum absolute atomic E-state index is 9.00. The van der Waals surface area contributed by atoms with Crippen molar-refractivity contribution in [2.24, 2.45) is 7.05 Å². The van der Waals surface area contributed by atoms with E-state index >= 15 is 0 Å². The lowest BCUT2D eigenvalue weighted by molar-refractivity contribution is -0.134. The van der Waals surface area contributed by atoms with E-state index in [0.717, 1.165) is 42.6 Å². The van der Waals surface area contributed by atoms with E-state index in [0.29, 0.717) is 0 Å². The Balaban J connectivity index is 0.000000541. The summed E-state index contributed by atoms with van der Waals surface area (Å²) in [5.74, 6) is 1.80. The molecule has 2 aromatic rings. The largest absolute Gasteiger partial charge is 0.481 e. The van der Waals surface area contributed by atoms with Gasteiger partial charge < -0.3 is 19.6 Å². The Morgan fingerprint density at radius 1 is 1.36 bits per heavy atom. The first-order valence-corrected chi connectivity index (χ1v) is 7.70. The topological polar surface area (TPSA) is 111 Å². The highest BCUT2D eigenvalue weighted by Crippen LogP contribution is 2.19. The Morgan fingerprint density at radius 3 is 2.64 bits per heavy atom. The van der Waals surface area contributed by atoms with Crippen molar-refractivity contribution < 1.29 is 9.90 Å². The number of hydrogen-bond donors (Lipinski definition) is 2. The van der Waals surface area contributed by atoms with Crippen LogP contribution in [0.3, 0.4) is 0 Å². The predicted molar refractivity (Wildman–Crippen MR) is 82.3 cm³/mol. The summed E-state index contributed by atoms with van der Waals surface area (Å²) in [5, 5.41) is 27.7. The third-order valence-electron chi connectivity index (χ3n) is 2.63. The quantitative estimate of drug-likeness (QED) is 0.739. The molecule has 0 atom stereocenters. The van der Waals surface area contributed by atoms with Gasteiger partial charge in [-0.2, -0.15) is 0 Å². The van der Waals surface area contributed by atoms with Crippen LogP contribution in [0.1, 0.15) is 25.5 Å². The Hall–Kier alpha value is -1.94. The first kappa shape index (κ1) is 18.1. The van der Waals surface area contributed by atoms with Crippen molar-refractivity contribution in [1.29, 1.82) is 0 Å². The van der Waals surface area contributed by atoms with Crippen molar-refractivity contribution >= 4 is 17.7 Å². The van der Waals surface area contributed by atoms with Crippen molar-refractivity contribution in [2.45, 2.75) is 37.8 Å². The molecule has 0 fully saturated rings. The fourth-order valence-electron chi connectivity index (χ4n) is 1.57. The number of nitrogens with one attached hydrogen (secondary N) is 1. The van der Waals surface area contributed by atoms with Crippen LogP contribution in [0.4, 0.5) is 0 Å². The number of nitrogens with zero attached hydrogens (tertiary/aromatic N) is 6. The highest BCUT2D eigenvalue weighted by atomic mass is 32.2. The van der Waals surface area contributed by atoms with Crippen LogP contribution >= 0.6 is 11.8 Å². The van der Waals surface area contributed by atoms with Crippen molar-refractivity contribution in [2.75, 3.05) is 7.05 Å². The second-order valence-corrected chi connectivity index (χ2v) is 5.27. The van der Waals surface area contributed by atoms with E-state index in [9.17, 15) is 0 Å².